The van der Waals surface area contributed by atoms with Crippen LogP contribution < -0.4 is 14.8 Å². The molecule has 106 valence electrons. The molecule has 0 fully saturated rings. The van der Waals surface area contributed by atoms with E-state index >= 15 is 0 Å². The van der Waals surface area contributed by atoms with E-state index in [4.69, 9.17) is 4.74 Å². The number of nitrogens with one attached hydrogen (secondary N) is 2. The quantitative estimate of drug-likeness (QED) is 0.759. The fourth-order valence-electron chi connectivity index (χ4n) is 1.98. The predicted octanol–water partition coefficient (Wildman–Crippen LogP) is 1.27. The molecule has 5 nitrogen and oxygen atoms in total. The van der Waals surface area contributed by atoms with Crippen molar-refractivity contribution in [2.45, 2.75) is 17.7 Å². The minimum atomic E-state index is -3.52. The summed E-state index contributed by atoms with van der Waals surface area (Å²) >= 11 is 3.34. The molecule has 1 aliphatic heterocycles. The molecule has 1 heterocycles. The van der Waals surface area contributed by atoms with Crippen molar-refractivity contribution < 1.29 is 13.2 Å². The molecule has 0 radical (unpaired) electrons. The Morgan fingerprint density at radius 2 is 2.16 bits per heavy atom. The van der Waals surface area contributed by atoms with Crippen LogP contribution in [-0.2, 0) is 16.4 Å². The molecule has 2 N–H and O–H groups in total. The highest BCUT2D eigenvalue weighted by atomic mass is 79.9. The van der Waals surface area contributed by atoms with Crippen molar-refractivity contribution in [1.29, 1.82) is 0 Å². The van der Waals surface area contributed by atoms with Gasteiger partial charge >= 0.3 is 0 Å². The third kappa shape index (κ3) is 3.47. The number of rotatable bonds is 6. The number of hydrogen-bond acceptors (Lipinski definition) is 4. The van der Waals surface area contributed by atoms with Crippen molar-refractivity contribution in [3.05, 3.63) is 22.2 Å². The molecule has 1 aromatic carbocycles. The molecule has 1 aromatic rings. The summed E-state index contributed by atoms with van der Waals surface area (Å²) in [7, 11) is -1.68. The van der Waals surface area contributed by atoms with Crippen LogP contribution >= 0.6 is 15.9 Å². The summed E-state index contributed by atoms with van der Waals surface area (Å²) in [5, 5.41) is 2.98. The molecule has 0 saturated carbocycles. The van der Waals surface area contributed by atoms with Crippen molar-refractivity contribution in [3.8, 4) is 5.75 Å². The maximum atomic E-state index is 12.3. The van der Waals surface area contributed by atoms with Gasteiger partial charge in [-0.05, 0) is 32.1 Å². The maximum absolute atomic E-state index is 12.3. The van der Waals surface area contributed by atoms with E-state index in [0.717, 1.165) is 29.4 Å². The second kappa shape index (κ2) is 6.21. The van der Waals surface area contributed by atoms with E-state index in [9.17, 15) is 8.42 Å². The molecular weight excluding hydrogens is 332 g/mol. The highest BCUT2D eigenvalue weighted by Gasteiger charge is 2.25. The first kappa shape index (κ1) is 14.8. The fraction of sp³-hybridized carbons (Fsp3) is 0.500. The standard InChI is InChI=1S/C12H17BrN2O3S/c1-14-4-2-5-15-19(16,17)11-8-10(13)7-9-3-6-18-12(9)11/h7-8,14-15H,2-6H2,1H3. The summed E-state index contributed by atoms with van der Waals surface area (Å²) in [5.41, 5.74) is 0.935. The van der Waals surface area contributed by atoms with Gasteiger partial charge in [0.2, 0.25) is 10.0 Å². The van der Waals surface area contributed by atoms with Crippen LogP contribution in [-0.4, -0.2) is 35.2 Å². The average Bonchev–Trinajstić information content (AvgIpc) is 2.81. The lowest BCUT2D eigenvalue weighted by Gasteiger charge is -2.11. The molecular formula is C12H17BrN2O3S. The van der Waals surface area contributed by atoms with Crippen molar-refractivity contribution in [1.82, 2.24) is 10.0 Å². The molecule has 0 atom stereocenters. The van der Waals surface area contributed by atoms with Crippen LogP contribution in [0.5, 0.6) is 5.75 Å². The first-order valence-electron chi connectivity index (χ1n) is 6.14. The highest BCUT2D eigenvalue weighted by Crippen LogP contribution is 2.35. The van der Waals surface area contributed by atoms with Gasteiger partial charge in [-0.15, -0.1) is 0 Å². The van der Waals surface area contributed by atoms with E-state index in [1.54, 1.807) is 6.07 Å². The molecule has 7 heteroatoms. The number of ether oxygens (including phenoxy) is 1. The molecule has 0 unspecified atom stereocenters. The Morgan fingerprint density at radius 1 is 1.37 bits per heavy atom. The van der Waals surface area contributed by atoms with Crippen molar-refractivity contribution >= 4 is 26.0 Å². The number of halogens is 1. The Morgan fingerprint density at radius 3 is 2.89 bits per heavy atom. The van der Waals surface area contributed by atoms with Gasteiger partial charge in [0.15, 0.2) is 0 Å². The minimum absolute atomic E-state index is 0.221. The normalized spacial score (nSPS) is 14.2. The van der Waals surface area contributed by atoms with Crippen LogP contribution in [0.2, 0.25) is 0 Å². The number of fused-ring (bicyclic) bond motifs is 1. The van der Waals surface area contributed by atoms with Gasteiger partial charge in [-0.25, -0.2) is 13.1 Å². The molecule has 19 heavy (non-hydrogen) atoms. The van der Waals surface area contributed by atoms with Gasteiger partial charge in [-0.3, -0.25) is 0 Å². The van der Waals surface area contributed by atoms with Crippen LogP contribution in [0.25, 0.3) is 0 Å². The second-order valence-electron chi connectivity index (χ2n) is 4.35. The molecule has 0 saturated heterocycles. The zero-order chi connectivity index (χ0) is 13.9. The largest absolute Gasteiger partial charge is 0.492 e. The Kier molecular flexibility index (Phi) is 4.83. The summed E-state index contributed by atoms with van der Waals surface area (Å²) < 4.78 is 33.4. The van der Waals surface area contributed by atoms with Crippen LogP contribution in [0.15, 0.2) is 21.5 Å². The van der Waals surface area contributed by atoms with Crippen LogP contribution in [0.3, 0.4) is 0 Å². The van der Waals surface area contributed by atoms with Crippen molar-refractivity contribution in [3.63, 3.8) is 0 Å². The number of benzene rings is 1. The molecule has 0 amide bonds. The average molecular weight is 349 g/mol. The topological polar surface area (TPSA) is 67.4 Å². The lowest BCUT2D eigenvalue weighted by atomic mass is 10.2. The summed E-state index contributed by atoms with van der Waals surface area (Å²) in [5.74, 6) is 0.490. The molecule has 1 aliphatic rings. The van der Waals surface area contributed by atoms with Gasteiger partial charge in [0.25, 0.3) is 0 Å². The van der Waals surface area contributed by atoms with E-state index in [-0.39, 0.29) is 4.90 Å². The monoisotopic (exact) mass is 348 g/mol. The van der Waals surface area contributed by atoms with Gasteiger partial charge in [0, 0.05) is 23.0 Å². The summed E-state index contributed by atoms with van der Waals surface area (Å²) in [6, 6.07) is 3.49. The fourth-order valence-corrected chi connectivity index (χ4v) is 3.93. The van der Waals surface area contributed by atoms with Crippen molar-refractivity contribution in [2.75, 3.05) is 26.7 Å². The van der Waals surface area contributed by atoms with E-state index in [2.05, 4.69) is 26.0 Å². The Labute approximate surface area is 121 Å². The maximum Gasteiger partial charge on any atom is 0.244 e. The van der Waals surface area contributed by atoms with E-state index in [1.807, 2.05) is 13.1 Å². The zero-order valence-electron chi connectivity index (χ0n) is 10.7. The molecule has 0 spiro atoms. The van der Waals surface area contributed by atoms with Crippen LogP contribution in [0.4, 0.5) is 0 Å². The van der Waals surface area contributed by atoms with Gasteiger partial charge in [0.05, 0.1) is 6.61 Å². The molecule has 2 rings (SSSR count). The first-order chi connectivity index (χ1) is 9.04. The smallest absolute Gasteiger partial charge is 0.244 e. The number of hydrogen-bond donors (Lipinski definition) is 2. The lowest BCUT2D eigenvalue weighted by molar-refractivity contribution is 0.348. The Hall–Kier alpha value is -0.630. The lowest BCUT2D eigenvalue weighted by Crippen LogP contribution is -2.27. The zero-order valence-corrected chi connectivity index (χ0v) is 13.1. The number of sulfonamides is 1. The Balaban J connectivity index is 2.21. The first-order valence-corrected chi connectivity index (χ1v) is 8.41. The van der Waals surface area contributed by atoms with Crippen LogP contribution in [0, 0.1) is 0 Å². The molecule has 0 bridgehead atoms. The van der Waals surface area contributed by atoms with E-state index in [0.29, 0.717) is 18.9 Å². The summed E-state index contributed by atoms with van der Waals surface area (Å²) in [6.07, 6.45) is 1.49. The van der Waals surface area contributed by atoms with Gasteiger partial charge < -0.3 is 10.1 Å². The second-order valence-corrected chi connectivity index (χ2v) is 7.00. The predicted molar refractivity (Wildman–Crippen MR) is 77.1 cm³/mol. The van der Waals surface area contributed by atoms with E-state index < -0.39 is 10.0 Å². The van der Waals surface area contributed by atoms with Gasteiger partial charge in [-0.1, -0.05) is 15.9 Å². The van der Waals surface area contributed by atoms with Crippen LogP contribution in [0.1, 0.15) is 12.0 Å². The molecule has 0 aliphatic carbocycles. The van der Waals surface area contributed by atoms with Gasteiger partial charge in [-0.2, -0.15) is 0 Å². The third-order valence-corrected chi connectivity index (χ3v) is 4.82. The van der Waals surface area contributed by atoms with Gasteiger partial charge in [0.1, 0.15) is 10.6 Å². The summed E-state index contributed by atoms with van der Waals surface area (Å²) in [4.78, 5) is 0.221. The SMILES string of the molecule is CNCCCNS(=O)(=O)c1cc(Br)cc2c1OCC2. The highest BCUT2D eigenvalue weighted by molar-refractivity contribution is 9.10. The summed E-state index contributed by atoms with van der Waals surface area (Å²) in [6.45, 7) is 1.72. The van der Waals surface area contributed by atoms with E-state index in [1.165, 1.54) is 0 Å². The Bertz CT molecular complexity index is 560. The van der Waals surface area contributed by atoms with Crippen molar-refractivity contribution in [2.24, 2.45) is 0 Å². The minimum Gasteiger partial charge on any atom is -0.492 e. The third-order valence-electron chi connectivity index (χ3n) is 2.90. The molecule has 0 aromatic heterocycles.